The zero-order valence-corrected chi connectivity index (χ0v) is 17.6. The standard InChI is InChI=1S/C22H23NO4S2/c24-22(20-21(28-13-12-27-20)18-9-5-2-6-10-18)23(15-17-7-3-1-4-8-17)19-11-14-29(25,26)16-19/h1-10,19H,11-16H2/t19-/m0/s1. The molecule has 0 aliphatic carbocycles. The fourth-order valence-corrected chi connectivity index (χ4v) is 6.36. The molecule has 1 atom stereocenters. The summed E-state index contributed by atoms with van der Waals surface area (Å²) in [5, 5.41) is 0. The highest BCUT2D eigenvalue weighted by molar-refractivity contribution is 8.08. The second-order valence-corrected chi connectivity index (χ2v) is 10.5. The summed E-state index contributed by atoms with van der Waals surface area (Å²) in [6.45, 7) is 0.823. The Balaban J connectivity index is 1.70. The lowest BCUT2D eigenvalue weighted by molar-refractivity contribution is -0.133. The Bertz CT molecular complexity index is 1000. The Hall–Kier alpha value is -2.25. The average Bonchev–Trinajstić information content (AvgIpc) is 3.12. The first-order valence-electron chi connectivity index (χ1n) is 9.64. The lowest BCUT2D eigenvalue weighted by Crippen LogP contribution is -2.42. The molecule has 0 aromatic heterocycles. The van der Waals surface area contributed by atoms with Crippen LogP contribution in [0.4, 0.5) is 0 Å². The van der Waals surface area contributed by atoms with Crippen LogP contribution < -0.4 is 0 Å². The summed E-state index contributed by atoms with van der Waals surface area (Å²) in [6, 6.07) is 19.1. The summed E-state index contributed by atoms with van der Waals surface area (Å²) in [7, 11) is -3.12. The van der Waals surface area contributed by atoms with E-state index in [0.717, 1.165) is 21.8 Å². The number of thioether (sulfide) groups is 1. The van der Waals surface area contributed by atoms with E-state index in [2.05, 4.69) is 0 Å². The smallest absolute Gasteiger partial charge is 0.290 e. The molecule has 2 aromatic carbocycles. The molecule has 1 saturated heterocycles. The third-order valence-electron chi connectivity index (χ3n) is 5.12. The van der Waals surface area contributed by atoms with Gasteiger partial charge in [0.15, 0.2) is 15.6 Å². The van der Waals surface area contributed by atoms with Crippen LogP contribution >= 0.6 is 11.8 Å². The number of carbonyl (C=O) groups excluding carboxylic acids is 1. The second kappa shape index (κ2) is 8.63. The lowest BCUT2D eigenvalue weighted by atomic mass is 10.1. The van der Waals surface area contributed by atoms with Crippen LogP contribution in [0.25, 0.3) is 4.91 Å². The molecular formula is C22H23NO4S2. The molecular weight excluding hydrogens is 406 g/mol. The summed E-state index contributed by atoms with van der Waals surface area (Å²) in [4.78, 5) is 16.1. The molecule has 4 rings (SSSR count). The molecule has 1 fully saturated rings. The van der Waals surface area contributed by atoms with Crippen LogP contribution in [0.2, 0.25) is 0 Å². The van der Waals surface area contributed by atoms with Crippen LogP contribution in [0.1, 0.15) is 17.5 Å². The highest BCUT2D eigenvalue weighted by Crippen LogP contribution is 2.36. The van der Waals surface area contributed by atoms with Crippen molar-refractivity contribution in [3.63, 3.8) is 0 Å². The first kappa shape index (κ1) is 20.0. The van der Waals surface area contributed by atoms with E-state index in [-0.39, 0.29) is 23.5 Å². The molecule has 0 bridgehead atoms. The van der Waals surface area contributed by atoms with E-state index >= 15 is 0 Å². The molecule has 0 spiro atoms. The van der Waals surface area contributed by atoms with Crippen molar-refractivity contribution in [2.75, 3.05) is 23.9 Å². The summed E-state index contributed by atoms with van der Waals surface area (Å²) in [5.41, 5.74) is 1.91. The maximum Gasteiger partial charge on any atom is 0.290 e. The van der Waals surface area contributed by atoms with Gasteiger partial charge in [0.1, 0.15) is 0 Å². The van der Waals surface area contributed by atoms with Gasteiger partial charge in [0, 0.05) is 18.3 Å². The number of ether oxygens (including phenoxy) is 1. The van der Waals surface area contributed by atoms with Gasteiger partial charge >= 0.3 is 0 Å². The maximum absolute atomic E-state index is 13.6. The van der Waals surface area contributed by atoms with Crippen molar-refractivity contribution < 1.29 is 17.9 Å². The Kier molecular flexibility index (Phi) is 5.96. The van der Waals surface area contributed by atoms with E-state index in [1.807, 2.05) is 60.7 Å². The van der Waals surface area contributed by atoms with Gasteiger partial charge in [-0.25, -0.2) is 8.42 Å². The van der Waals surface area contributed by atoms with Gasteiger partial charge < -0.3 is 9.64 Å². The van der Waals surface area contributed by atoms with Crippen LogP contribution in [-0.2, 0) is 25.9 Å². The van der Waals surface area contributed by atoms with E-state index < -0.39 is 9.84 Å². The zero-order chi connectivity index (χ0) is 20.3. The molecule has 0 radical (unpaired) electrons. The van der Waals surface area contributed by atoms with E-state index in [0.29, 0.717) is 25.3 Å². The minimum atomic E-state index is -3.12. The van der Waals surface area contributed by atoms with Gasteiger partial charge in [0.25, 0.3) is 5.91 Å². The number of hydrogen-bond donors (Lipinski definition) is 0. The number of nitrogens with zero attached hydrogens (tertiary/aromatic N) is 1. The molecule has 1 amide bonds. The van der Waals surface area contributed by atoms with Crippen molar-refractivity contribution in [3.8, 4) is 0 Å². The molecule has 5 nitrogen and oxygen atoms in total. The molecule has 152 valence electrons. The van der Waals surface area contributed by atoms with E-state index in [4.69, 9.17) is 4.74 Å². The number of benzene rings is 2. The molecule has 2 aromatic rings. The van der Waals surface area contributed by atoms with Crippen molar-refractivity contribution in [2.24, 2.45) is 0 Å². The van der Waals surface area contributed by atoms with E-state index in [1.165, 1.54) is 0 Å². The topological polar surface area (TPSA) is 63.7 Å². The van der Waals surface area contributed by atoms with Gasteiger partial charge in [-0.1, -0.05) is 60.7 Å². The Morgan fingerprint density at radius 3 is 2.41 bits per heavy atom. The third-order valence-corrected chi connectivity index (χ3v) is 7.95. The molecule has 7 heteroatoms. The Morgan fingerprint density at radius 2 is 1.76 bits per heavy atom. The number of sulfone groups is 1. The number of amides is 1. The first-order valence-corrected chi connectivity index (χ1v) is 12.4. The van der Waals surface area contributed by atoms with Crippen LogP contribution in [0.15, 0.2) is 66.4 Å². The highest BCUT2D eigenvalue weighted by Gasteiger charge is 2.37. The fraction of sp³-hybridized carbons (Fsp3) is 0.318. The molecule has 0 N–H and O–H groups in total. The van der Waals surface area contributed by atoms with Crippen molar-refractivity contribution in [1.29, 1.82) is 0 Å². The SMILES string of the molecule is O=C(C1=C(c2ccccc2)SCCO1)N(Cc1ccccc1)[C@H]1CCS(=O)(=O)C1. The first-order chi connectivity index (χ1) is 14.0. The summed E-state index contributed by atoms with van der Waals surface area (Å²) < 4.78 is 30.0. The maximum atomic E-state index is 13.6. The average molecular weight is 430 g/mol. The summed E-state index contributed by atoms with van der Waals surface area (Å²) in [6.07, 6.45) is 0.460. The quantitative estimate of drug-likeness (QED) is 0.730. The molecule has 29 heavy (non-hydrogen) atoms. The second-order valence-electron chi connectivity index (χ2n) is 7.20. The summed E-state index contributed by atoms with van der Waals surface area (Å²) in [5.74, 6) is 0.996. The number of carbonyl (C=O) groups is 1. The molecule has 0 saturated carbocycles. The zero-order valence-electron chi connectivity index (χ0n) is 16.0. The van der Waals surface area contributed by atoms with Crippen molar-refractivity contribution in [2.45, 2.75) is 19.0 Å². The van der Waals surface area contributed by atoms with Gasteiger partial charge in [-0.2, -0.15) is 0 Å². The van der Waals surface area contributed by atoms with Crippen LogP contribution in [0.3, 0.4) is 0 Å². The molecule has 2 aliphatic rings. The van der Waals surface area contributed by atoms with Crippen LogP contribution in [-0.4, -0.2) is 49.1 Å². The van der Waals surface area contributed by atoms with Crippen molar-refractivity contribution >= 4 is 32.4 Å². The normalized spacial score (nSPS) is 20.9. The van der Waals surface area contributed by atoms with Crippen LogP contribution in [0, 0.1) is 0 Å². The van der Waals surface area contributed by atoms with Gasteiger partial charge in [0.05, 0.1) is 23.0 Å². The Labute approximate surface area is 175 Å². The lowest BCUT2D eigenvalue weighted by Gasteiger charge is -2.31. The number of hydrogen-bond acceptors (Lipinski definition) is 5. The predicted octanol–water partition coefficient (Wildman–Crippen LogP) is 3.33. The minimum absolute atomic E-state index is 0.00661. The van der Waals surface area contributed by atoms with Gasteiger partial charge in [-0.05, 0) is 17.5 Å². The fourth-order valence-electron chi connectivity index (χ4n) is 3.68. The summed E-state index contributed by atoms with van der Waals surface area (Å²) >= 11 is 1.61. The van der Waals surface area contributed by atoms with Crippen molar-refractivity contribution in [3.05, 3.63) is 77.5 Å². The van der Waals surface area contributed by atoms with Gasteiger partial charge in [-0.3, -0.25) is 4.79 Å². The van der Waals surface area contributed by atoms with Gasteiger partial charge in [0.2, 0.25) is 0 Å². The molecule has 0 unspecified atom stereocenters. The third kappa shape index (κ3) is 4.67. The Morgan fingerprint density at radius 1 is 1.07 bits per heavy atom. The largest absolute Gasteiger partial charge is 0.486 e. The molecule has 2 aliphatic heterocycles. The highest BCUT2D eigenvalue weighted by atomic mass is 32.2. The van der Waals surface area contributed by atoms with E-state index in [9.17, 15) is 13.2 Å². The van der Waals surface area contributed by atoms with Crippen molar-refractivity contribution in [1.82, 2.24) is 4.90 Å². The van der Waals surface area contributed by atoms with E-state index in [1.54, 1.807) is 16.7 Å². The van der Waals surface area contributed by atoms with Crippen LogP contribution in [0.5, 0.6) is 0 Å². The molecule has 2 heterocycles. The van der Waals surface area contributed by atoms with Gasteiger partial charge in [-0.15, -0.1) is 11.8 Å². The number of rotatable bonds is 5. The monoisotopic (exact) mass is 429 g/mol. The minimum Gasteiger partial charge on any atom is -0.486 e. The predicted molar refractivity (Wildman–Crippen MR) is 116 cm³/mol.